The van der Waals surface area contributed by atoms with E-state index in [1.54, 1.807) is 0 Å². The Morgan fingerprint density at radius 1 is 1.20 bits per heavy atom. The van der Waals surface area contributed by atoms with Gasteiger partial charge in [-0.25, -0.2) is 13.8 Å². The zero-order valence-corrected chi connectivity index (χ0v) is 10.5. The summed E-state index contributed by atoms with van der Waals surface area (Å²) in [6.07, 6.45) is 1.14. The van der Waals surface area contributed by atoms with Crippen LogP contribution in [-0.4, -0.2) is 10.9 Å². The molecule has 104 valence electrons. The van der Waals surface area contributed by atoms with Gasteiger partial charge in [-0.3, -0.25) is 4.79 Å². The first-order valence-electron chi connectivity index (χ1n) is 5.85. The second-order valence-electron chi connectivity index (χ2n) is 4.20. The van der Waals surface area contributed by atoms with Crippen LogP contribution < -0.4 is 5.32 Å². The summed E-state index contributed by atoms with van der Waals surface area (Å²) in [5, 5.41) is 2.41. The van der Waals surface area contributed by atoms with Crippen molar-refractivity contribution >= 4 is 5.91 Å². The van der Waals surface area contributed by atoms with Crippen molar-refractivity contribution in [1.82, 2.24) is 10.3 Å². The van der Waals surface area contributed by atoms with Crippen molar-refractivity contribution in [2.24, 2.45) is 0 Å². The van der Waals surface area contributed by atoms with Gasteiger partial charge in [0.05, 0.1) is 6.04 Å². The molecule has 2 aromatic rings. The second-order valence-corrected chi connectivity index (χ2v) is 4.20. The Hall–Kier alpha value is -2.37. The van der Waals surface area contributed by atoms with Crippen LogP contribution in [-0.2, 0) is 0 Å². The van der Waals surface area contributed by atoms with Gasteiger partial charge in [0.1, 0.15) is 11.6 Å². The number of pyridine rings is 1. The Morgan fingerprint density at radius 3 is 2.45 bits per heavy atom. The molecule has 6 heteroatoms. The minimum Gasteiger partial charge on any atom is -0.345 e. The Bertz CT molecular complexity index is 626. The molecule has 1 N–H and O–H groups in total. The average molecular weight is 280 g/mol. The number of benzene rings is 1. The smallest absolute Gasteiger partial charge is 0.251 e. The average Bonchev–Trinajstić information content (AvgIpc) is 2.38. The number of hydrogen-bond acceptors (Lipinski definition) is 2. The van der Waals surface area contributed by atoms with E-state index in [2.05, 4.69) is 10.3 Å². The van der Waals surface area contributed by atoms with Crippen LogP contribution in [0.25, 0.3) is 0 Å². The fraction of sp³-hybridized carbons (Fsp3) is 0.143. The molecule has 0 bridgehead atoms. The summed E-state index contributed by atoms with van der Waals surface area (Å²) in [5.74, 6) is -2.94. The van der Waals surface area contributed by atoms with Gasteiger partial charge in [-0.15, -0.1) is 0 Å². The maximum absolute atomic E-state index is 13.6. The number of nitrogens with one attached hydrogen (secondary N) is 1. The maximum Gasteiger partial charge on any atom is 0.251 e. The molecule has 1 unspecified atom stereocenters. The summed E-state index contributed by atoms with van der Waals surface area (Å²) in [7, 11) is 0. The lowest BCUT2D eigenvalue weighted by atomic mass is 10.1. The summed E-state index contributed by atoms with van der Waals surface area (Å²) < 4.78 is 40.0. The summed E-state index contributed by atoms with van der Waals surface area (Å²) in [5.41, 5.74) is -0.212. The first-order chi connectivity index (χ1) is 9.49. The summed E-state index contributed by atoms with van der Waals surface area (Å²) in [6.45, 7) is 1.44. The topological polar surface area (TPSA) is 42.0 Å². The van der Waals surface area contributed by atoms with Gasteiger partial charge in [-0.05, 0) is 25.1 Å². The number of hydrogen-bond donors (Lipinski definition) is 1. The fourth-order valence-electron chi connectivity index (χ4n) is 1.82. The molecule has 0 aliphatic rings. The normalized spacial score (nSPS) is 12.0. The van der Waals surface area contributed by atoms with Crippen molar-refractivity contribution in [3.63, 3.8) is 0 Å². The van der Waals surface area contributed by atoms with E-state index in [0.717, 1.165) is 24.4 Å². The summed E-state index contributed by atoms with van der Waals surface area (Å²) in [4.78, 5) is 15.2. The van der Waals surface area contributed by atoms with Crippen molar-refractivity contribution in [3.05, 3.63) is 65.2 Å². The fourth-order valence-corrected chi connectivity index (χ4v) is 1.82. The molecule has 20 heavy (non-hydrogen) atoms. The van der Waals surface area contributed by atoms with Crippen LogP contribution in [0.5, 0.6) is 0 Å². The van der Waals surface area contributed by atoms with Crippen LogP contribution in [0.3, 0.4) is 0 Å². The van der Waals surface area contributed by atoms with E-state index in [9.17, 15) is 18.0 Å². The Balaban J connectivity index is 2.20. The van der Waals surface area contributed by atoms with Crippen LogP contribution in [0.4, 0.5) is 13.2 Å². The van der Waals surface area contributed by atoms with Crippen molar-refractivity contribution in [1.29, 1.82) is 0 Å². The predicted molar refractivity (Wildman–Crippen MR) is 66.4 cm³/mol. The van der Waals surface area contributed by atoms with Crippen molar-refractivity contribution in [2.75, 3.05) is 0 Å². The lowest BCUT2D eigenvalue weighted by Gasteiger charge is -2.15. The highest BCUT2D eigenvalue weighted by molar-refractivity contribution is 5.94. The van der Waals surface area contributed by atoms with Gasteiger partial charge in [0, 0.05) is 23.4 Å². The van der Waals surface area contributed by atoms with Crippen LogP contribution in [0.15, 0.2) is 36.5 Å². The Labute approximate surface area is 113 Å². The highest BCUT2D eigenvalue weighted by Gasteiger charge is 2.18. The maximum atomic E-state index is 13.6. The second kappa shape index (κ2) is 5.73. The molecule has 0 saturated carbocycles. The molecule has 1 heterocycles. The Kier molecular flexibility index (Phi) is 4.02. The van der Waals surface area contributed by atoms with E-state index >= 15 is 0 Å². The molecule has 0 aliphatic carbocycles. The van der Waals surface area contributed by atoms with E-state index in [0.29, 0.717) is 0 Å². The molecule has 0 saturated heterocycles. The van der Waals surface area contributed by atoms with Crippen molar-refractivity contribution < 1.29 is 18.0 Å². The third-order valence-electron chi connectivity index (χ3n) is 2.77. The Morgan fingerprint density at radius 2 is 1.85 bits per heavy atom. The zero-order chi connectivity index (χ0) is 14.7. The molecule has 1 amide bonds. The van der Waals surface area contributed by atoms with Crippen LogP contribution in [0.2, 0.25) is 0 Å². The lowest BCUT2D eigenvalue weighted by molar-refractivity contribution is 0.0938. The molecule has 0 radical (unpaired) electrons. The monoisotopic (exact) mass is 280 g/mol. The standard InChI is InChI=1S/C14H11F3N2O/c1-8(13-10(15)3-2-4-11(13)16)19-14(20)9-5-6-18-12(17)7-9/h2-8H,1H3,(H,19,20). The third-order valence-corrected chi connectivity index (χ3v) is 2.77. The first kappa shape index (κ1) is 14.0. The highest BCUT2D eigenvalue weighted by Crippen LogP contribution is 2.20. The molecule has 2 rings (SSSR count). The molecular formula is C14H11F3N2O. The molecule has 0 fully saturated rings. The molecule has 0 aliphatic heterocycles. The molecular weight excluding hydrogens is 269 g/mol. The minimum absolute atomic E-state index is 0.0288. The van der Waals surface area contributed by atoms with Gasteiger partial charge in [0.2, 0.25) is 5.95 Å². The van der Waals surface area contributed by atoms with E-state index in [1.807, 2.05) is 0 Å². The molecule has 1 aromatic heterocycles. The van der Waals surface area contributed by atoms with Crippen LogP contribution in [0, 0.1) is 17.6 Å². The van der Waals surface area contributed by atoms with Gasteiger partial charge < -0.3 is 5.32 Å². The van der Waals surface area contributed by atoms with Crippen LogP contribution >= 0.6 is 0 Å². The number of carbonyl (C=O) groups is 1. The number of carbonyl (C=O) groups excluding carboxylic acids is 1. The van der Waals surface area contributed by atoms with Gasteiger partial charge in [0.25, 0.3) is 5.91 Å². The minimum atomic E-state index is -0.889. The van der Waals surface area contributed by atoms with Crippen LogP contribution in [0.1, 0.15) is 28.9 Å². The van der Waals surface area contributed by atoms with E-state index < -0.39 is 29.5 Å². The van der Waals surface area contributed by atoms with Crippen molar-refractivity contribution in [2.45, 2.75) is 13.0 Å². The number of rotatable bonds is 3. The largest absolute Gasteiger partial charge is 0.345 e. The number of aromatic nitrogens is 1. The molecule has 0 spiro atoms. The summed E-state index contributed by atoms with van der Waals surface area (Å²) in [6, 6.07) is 4.81. The third kappa shape index (κ3) is 2.96. The molecule has 1 atom stereocenters. The predicted octanol–water partition coefficient (Wildman–Crippen LogP) is 2.99. The van der Waals surface area contributed by atoms with E-state index in [1.165, 1.54) is 19.1 Å². The highest BCUT2D eigenvalue weighted by atomic mass is 19.1. The molecule has 1 aromatic carbocycles. The van der Waals surface area contributed by atoms with Crippen molar-refractivity contribution in [3.8, 4) is 0 Å². The number of halogens is 3. The van der Waals surface area contributed by atoms with Gasteiger partial charge in [-0.2, -0.15) is 4.39 Å². The van der Waals surface area contributed by atoms with E-state index in [-0.39, 0.29) is 11.1 Å². The quantitative estimate of drug-likeness (QED) is 0.878. The summed E-state index contributed by atoms with van der Waals surface area (Å²) >= 11 is 0. The first-order valence-corrected chi connectivity index (χ1v) is 5.85. The number of nitrogens with zero attached hydrogens (tertiary/aromatic N) is 1. The lowest BCUT2D eigenvalue weighted by Crippen LogP contribution is -2.28. The zero-order valence-electron chi connectivity index (χ0n) is 10.5. The van der Waals surface area contributed by atoms with E-state index in [4.69, 9.17) is 0 Å². The number of amides is 1. The van der Waals surface area contributed by atoms with Gasteiger partial charge in [-0.1, -0.05) is 6.07 Å². The molecule has 3 nitrogen and oxygen atoms in total. The SMILES string of the molecule is CC(NC(=O)c1ccnc(F)c1)c1c(F)cccc1F. The van der Waals surface area contributed by atoms with Gasteiger partial charge in [0.15, 0.2) is 0 Å². The van der Waals surface area contributed by atoms with Gasteiger partial charge >= 0.3 is 0 Å².